The molecule has 0 aliphatic carbocycles. The molecule has 184 valence electrons. The van der Waals surface area contributed by atoms with Gasteiger partial charge in [-0.3, -0.25) is 4.79 Å². The third-order valence-electron chi connectivity index (χ3n) is 5.90. The van der Waals surface area contributed by atoms with Gasteiger partial charge in [0.2, 0.25) is 0 Å². The molecule has 32 heavy (non-hydrogen) atoms. The standard InChI is InChI=1S/C28H48O4/c1-2-3-4-5-6-7-8-9-10-11-12-13-14-15-19-22-28(30)32-27(23-29)25-31-24-26-20-17-16-18-21-26/h16-18,20-21,27,29H,2-15,19,22-25H2,1H3/t27-/m1/s1. The molecule has 1 atom stereocenters. The monoisotopic (exact) mass is 448 g/mol. The zero-order chi connectivity index (χ0) is 23.1. The summed E-state index contributed by atoms with van der Waals surface area (Å²) in [5.41, 5.74) is 1.06. The van der Waals surface area contributed by atoms with Crippen molar-refractivity contribution in [1.82, 2.24) is 0 Å². The summed E-state index contributed by atoms with van der Waals surface area (Å²) in [4.78, 5) is 12.0. The van der Waals surface area contributed by atoms with Gasteiger partial charge in [-0.25, -0.2) is 0 Å². The summed E-state index contributed by atoms with van der Waals surface area (Å²) in [5.74, 6) is -0.234. The molecule has 4 heteroatoms. The quantitative estimate of drug-likeness (QED) is 0.149. The molecule has 1 N–H and O–H groups in total. The lowest BCUT2D eigenvalue weighted by molar-refractivity contribution is -0.155. The van der Waals surface area contributed by atoms with Gasteiger partial charge in [0.1, 0.15) is 6.10 Å². The molecule has 1 rings (SSSR count). The van der Waals surface area contributed by atoms with E-state index in [9.17, 15) is 9.90 Å². The first kappa shape index (κ1) is 28.6. The Labute approximate surface area is 197 Å². The zero-order valence-corrected chi connectivity index (χ0v) is 20.6. The van der Waals surface area contributed by atoms with E-state index in [0.717, 1.165) is 18.4 Å². The molecule has 1 aromatic rings. The fourth-order valence-electron chi connectivity index (χ4n) is 3.89. The van der Waals surface area contributed by atoms with E-state index in [1.165, 1.54) is 83.5 Å². The van der Waals surface area contributed by atoms with Crippen molar-refractivity contribution < 1.29 is 19.4 Å². The average molecular weight is 449 g/mol. The van der Waals surface area contributed by atoms with Gasteiger partial charge in [0.05, 0.1) is 19.8 Å². The Morgan fingerprint density at radius 2 is 1.28 bits per heavy atom. The summed E-state index contributed by atoms with van der Waals surface area (Å²) >= 11 is 0. The second-order valence-electron chi connectivity index (χ2n) is 8.99. The van der Waals surface area contributed by atoms with Crippen LogP contribution in [0.25, 0.3) is 0 Å². The molecule has 1 aromatic carbocycles. The highest BCUT2D eigenvalue weighted by atomic mass is 16.6. The van der Waals surface area contributed by atoms with Crippen molar-refractivity contribution in [1.29, 1.82) is 0 Å². The molecule has 0 amide bonds. The van der Waals surface area contributed by atoms with E-state index in [1.807, 2.05) is 30.3 Å². The minimum atomic E-state index is -0.581. The summed E-state index contributed by atoms with van der Waals surface area (Å²) in [6, 6.07) is 9.84. The number of unbranched alkanes of at least 4 members (excludes halogenated alkanes) is 14. The van der Waals surface area contributed by atoms with Crippen molar-refractivity contribution in [3.63, 3.8) is 0 Å². The Hall–Kier alpha value is -1.39. The molecular weight excluding hydrogens is 400 g/mol. The molecule has 4 nitrogen and oxygen atoms in total. The van der Waals surface area contributed by atoms with Gasteiger partial charge in [-0.1, -0.05) is 127 Å². The molecule has 0 bridgehead atoms. The predicted molar refractivity (Wildman–Crippen MR) is 133 cm³/mol. The highest BCUT2D eigenvalue weighted by Crippen LogP contribution is 2.14. The van der Waals surface area contributed by atoms with Crippen LogP contribution in [-0.4, -0.2) is 30.4 Å². The number of aliphatic hydroxyl groups excluding tert-OH is 1. The maximum atomic E-state index is 12.0. The Bertz CT molecular complexity index is 531. The lowest BCUT2D eigenvalue weighted by Crippen LogP contribution is -2.27. The number of carbonyl (C=O) groups is 1. The van der Waals surface area contributed by atoms with Crippen molar-refractivity contribution >= 4 is 5.97 Å². The van der Waals surface area contributed by atoms with Gasteiger partial charge in [0.25, 0.3) is 0 Å². The van der Waals surface area contributed by atoms with Crippen LogP contribution >= 0.6 is 0 Å². The van der Waals surface area contributed by atoms with Crippen LogP contribution in [0.4, 0.5) is 0 Å². The maximum absolute atomic E-state index is 12.0. The summed E-state index contributed by atoms with van der Waals surface area (Å²) in [5, 5.41) is 9.42. The molecule has 0 unspecified atom stereocenters. The van der Waals surface area contributed by atoms with Crippen LogP contribution < -0.4 is 0 Å². The molecule has 0 aliphatic heterocycles. The summed E-state index contributed by atoms with van der Waals surface area (Å²) < 4.78 is 10.9. The molecule has 0 aromatic heterocycles. The van der Waals surface area contributed by atoms with Crippen molar-refractivity contribution in [2.24, 2.45) is 0 Å². The number of hydrogen-bond donors (Lipinski definition) is 1. The largest absolute Gasteiger partial charge is 0.457 e. The third-order valence-corrected chi connectivity index (χ3v) is 5.90. The van der Waals surface area contributed by atoms with E-state index >= 15 is 0 Å². The van der Waals surface area contributed by atoms with Gasteiger partial charge in [0.15, 0.2) is 0 Å². The Balaban J connectivity index is 1.88. The molecule has 0 saturated heterocycles. The second kappa shape index (κ2) is 21.5. The smallest absolute Gasteiger partial charge is 0.306 e. The van der Waals surface area contributed by atoms with Crippen molar-refractivity contribution in [2.45, 2.75) is 122 Å². The first-order valence-electron chi connectivity index (χ1n) is 13.2. The zero-order valence-electron chi connectivity index (χ0n) is 20.6. The second-order valence-corrected chi connectivity index (χ2v) is 8.99. The van der Waals surface area contributed by atoms with Crippen molar-refractivity contribution in [3.05, 3.63) is 35.9 Å². The molecule has 0 spiro atoms. The number of rotatable bonds is 22. The molecule has 0 saturated carbocycles. The van der Waals surface area contributed by atoms with Gasteiger partial charge < -0.3 is 14.6 Å². The molecule has 0 fully saturated rings. The van der Waals surface area contributed by atoms with Crippen LogP contribution in [0.1, 0.15) is 115 Å². The minimum absolute atomic E-state index is 0.209. The van der Waals surface area contributed by atoms with Gasteiger partial charge in [-0.2, -0.15) is 0 Å². The van der Waals surface area contributed by atoms with Gasteiger partial charge in [-0.05, 0) is 12.0 Å². The minimum Gasteiger partial charge on any atom is -0.457 e. The summed E-state index contributed by atoms with van der Waals surface area (Å²) in [6.45, 7) is 2.73. The summed E-state index contributed by atoms with van der Waals surface area (Å²) in [6.07, 6.45) is 19.4. The highest BCUT2D eigenvalue weighted by molar-refractivity contribution is 5.69. The maximum Gasteiger partial charge on any atom is 0.306 e. The fourth-order valence-corrected chi connectivity index (χ4v) is 3.89. The van der Waals surface area contributed by atoms with Crippen LogP contribution in [0.2, 0.25) is 0 Å². The number of hydrogen-bond acceptors (Lipinski definition) is 4. The van der Waals surface area contributed by atoms with Crippen molar-refractivity contribution in [2.75, 3.05) is 13.2 Å². The number of aliphatic hydroxyl groups is 1. The van der Waals surface area contributed by atoms with Crippen LogP contribution in [0.3, 0.4) is 0 Å². The first-order valence-corrected chi connectivity index (χ1v) is 13.2. The van der Waals surface area contributed by atoms with E-state index in [-0.39, 0.29) is 19.2 Å². The number of ether oxygens (including phenoxy) is 2. The first-order chi connectivity index (χ1) is 15.8. The third kappa shape index (κ3) is 17.2. The number of esters is 1. The Kier molecular flexibility index (Phi) is 19.2. The highest BCUT2D eigenvalue weighted by Gasteiger charge is 2.13. The van der Waals surface area contributed by atoms with E-state index < -0.39 is 6.10 Å². The van der Waals surface area contributed by atoms with E-state index in [1.54, 1.807) is 0 Å². The molecular formula is C28H48O4. The van der Waals surface area contributed by atoms with E-state index in [4.69, 9.17) is 9.47 Å². The molecule has 0 aliphatic rings. The SMILES string of the molecule is CCCCCCCCCCCCCCCCCC(=O)O[C@H](CO)COCc1ccccc1. The van der Waals surface area contributed by atoms with Gasteiger partial charge in [0, 0.05) is 6.42 Å². The van der Waals surface area contributed by atoms with Crippen LogP contribution in [0.15, 0.2) is 30.3 Å². The van der Waals surface area contributed by atoms with Gasteiger partial charge in [-0.15, -0.1) is 0 Å². The topological polar surface area (TPSA) is 55.8 Å². The Morgan fingerprint density at radius 3 is 1.78 bits per heavy atom. The fraction of sp³-hybridized carbons (Fsp3) is 0.750. The number of carbonyl (C=O) groups excluding carboxylic acids is 1. The normalized spacial score (nSPS) is 12.1. The van der Waals surface area contributed by atoms with Crippen LogP contribution in [0.5, 0.6) is 0 Å². The van der Waals surface area contributed by atoms with Crippen LogP contribution in [0, 0.1) is 0 Å². The molecule has 0 radical (unpaired) electrons. The predicted octanol–water partition coefficient (Wildman–Crippen LogP) is 7.37. The Morgan fingerprint density at radius 1 is 0.781 bits per heavy atom. The average Bonchev–Trinajstić information content (AvgIpc) is 2.81. The van der Waals surface area contributed by atoms with Crippen LogP contribution in [-0.2, 0) is 20.9 Å². The number of benzene rings is 1. The van der Waals surface area contributed by atoms with Crippen molar-refractivity contribution in [3.8, 4) is 0 Å². The van der Waals surface area contributed by atoms with E-state index in [2.05, 4.69) is 6.92 Å². The lowest BCUT2D eigenvalue weighted by atomic mass is 10.0. The summed E-state index contributed by atoms with van der Waals surface area (Å²) in [7, 11) is 0. The van der Waals surface area contributed by atoms with E-state index in [0.29, 0.717) is 13.0 Å². The molecule has 0 heterocycles. The lowest BCUT2D eigenvalue weighted by Gasteiger charge is -2.16. The van der Waals surface area contributed by atoms with Gasteiger partial charge >= 0.3 is 5.97 Å².